The van der Waals surface area contributed by atoms with Crippen LogP contribution in [-0.4, -0.2) is 17.3 Å². The molecule has 1 aromatic carbocycles. The lowest BCUT2D eigenvalue weighted by atomic mass is 10.0. The molecule has 4 nitrogen and oxygen atoms in total. The van der Waals surface area contributed by atoms with E-state index in [1.54, 1.807) is 25.6 Å². The molecule has 0 saturated heterocycles. The van der Waals surface area contributed by atoms with Crippen molar-refractivity contribution in [1.82, 2.24) is 10.2 Å². The summed E-state index contributed by atoms with van der Waals surface area (Å²) in [7, 11) is 1.63. The van der Waals surface area contributed by atoms with Crippen molar-refractivity contribution >= 4 is 11.6 Å². The van der Waals surface area contributed by atoms with E-state index in [0.717, 1.165) is 16.9 Å². The summed E-state index contributed by atoms with van der Waals surface area (Å²) < 4.78 is 5.29. The number of hydrogen-bond acceptors (Lipinski definition) is 4. The standard InChI is InChI=1S/C13H14ClN3O/c1-18-13-3-2-11(14)6-10(13)7-12(15)9-4-5-16-17-8-9/h2-6,8,12H,7,15H2,1H3. The number of benzene rings is 1. The van der Waals surface area contributed by atoms with Crippen LogP contribution < -0.4 is 10.5 Å². The highest BCUT2D eigenvalue weighted by Gasteiger charge is 2.11. The topological polar surface area (TPSA) is 61.0 Å². The zero-order chi connectivity index (χ0) is 13.0. The Labute approximate surface area is 111 Å². The molecule has 0 aliphatic rings. The normalized spacial score (nSPS) is 12.2. The lowest BCUT2D eigenvalue weighted by molar-refractivity contribution is 0.408. The largest absolute Gasteiger partial charge is 0.496 e. The summed E-state index contributed by atoms with van der Waals surface area (Å²) in [4.78, 5) is 0. The molecule has 94 valence electrons. The third kappa shape index (κ3) is 2.97. The maximum absolute atomic E-state index is 6.13. The molecule has 2 N–H and O–H groups in total. The first-order valence-corrected chi connectivity index (χ1v) is 5.93. The van der Waals surface area contributed by atoms with Crippen LogP contribution in [0.1, 0.15) is 17.2 Å². The van der Waals surface area contributed by atoms with E-state index < -0.39 is 0 Å². The fraction of sp³-hybridized carbons (Fsp3) is 0.231. The summed E-state index contributed by atoms with van der Waals surface area (Å²) in [6.07, 6.45) is 3.93. The first-order valence-electron chi connectivity index (χ1n) is 5.55. The summed E-state index contributed by atoms with van der Waals surface area (Å²) in [6, 6.07) is 7.20. The molecule has 2 aromatic rings. The second kappa shape index (κ2) is 5.80. The van der Waals surface area contributed by atoms with Gasteiger partial charge < -0.3 is 10.5 Å². The molecule has 18 heavy (non-hydrogen) atoms. The highest BCUT2D eigenvalue weighted by molar-refractivity contribution is 6.30. The Morgan fingerprint density at radius 1 is 1.33 bits per heavy atom. The van der Waals surface area contributed by atoms with E-state index in [9.17, 15) is 0 Å². The Balaban J connectivity index is 2.21. The van der Waals surface area contributed by atoms with Gasteiger partial charge in [0.05, 0.1) is 13.3 Å². The molecular formula is C13H14ClN3O. The smallest absolute Gasteiger partial charge is 0.122 e. The average molecular weight is 264 g/mol. The number of nitrogens with two attached hydrogens (primary N) is 1. The Bertz CT molecular complexity index is 519. The summed E-state index contributed by atoms with van der Waals surface area (Å²) in [5.41, 5.74) is 8.05. The third-order valence-electron chi connectivity index (χ3n) is 2.72. The minimum absolute atomic E-state index is 0.159. The predicted molar refractivity (Wildman–Crippen MR) is 70.7 cm³/mol. The van der Waals surface area contributed by atoms with E-state index in [2.05, 4.69) is 10.2 Å². The van der Waals surface area contributed by atoms with Gasteiger partial charge in [0.15, 0.2) is 0 Å². The van der Waals surface area contributed by atoms with Crippen molar-refractivity contribution < 1.29 is 4.74 Å². The van der Waals surface area contributed by atoms with Crippen LogP contribution >= 0.6 is 11.6 Å². The number of rotatable bonds is 4. The molecule has 0 fully saturated rings. The van der Waals surface area contributed by atoms with Crippen LogP contribution in [0.15, 0.2) is 36.7 Å². The van der Waals surface area contributed by atoms with Crippen LogP contribution in [0.3, 0.4) is 0 Å². The Morgan fingerprint density at radius 3 is 2.83 bits per heavy atom. The quantitative estimate of drug-likeness (QED) is 0.920. The maximum Gasteiger partial charge on any atom is 0.122 e. The molecule has 0 bridgehead atoms. The van der Waals surface area contributed by atoms with Crippen LogP contribution in [0.5, 0.6) is 5.75 Å². The van der Waals surface area contributed by atoms with Gasteiger partial charge in [0.25, 0.3) is 0 Å². The van der Waals surface area contributed by atoms with E-state index in [-0.39, 0.29) is 6.04 Å². The zero-order valence-corrected chi connectivity index (χ0v) is 10.8. The van der Waals surface area contributed by atoms with E-state index in [4.69, 9.17) is 22.1 Å². The second-order valence-electron chi connectivity index (χ2n) is 3.94. The van der Waals surface area contributed by atoms with E-state index >= 15 is 0 Å². The number of nitrogens with zero attached hydrogens (tertiary/aromatic N) is 2. The van der Waals surface area contributed by atoms with Gasteiger partial charge in [-0.05, 0) is 41.8 Å². The average Bonchev–Trinajstić information content (AvgIpc) is 2.40. The fourth-order valence-electron chi connectivity index (χ4n) is 1.78. The van der Waals surface area contributed by atoms with Crippen LogP contribution in [0.4, 0.5) is 0 Å². The van der Waals surface area contributed by atoms with Crippen molar-refractivity contribution in [3.05, 3.63) is 52.8 Å². The zero-order valence-electron chi connectivity index (χ0n) is 10.0. The van der Waals surface area contributed by atoms with E-state index in [1.807, 2.05) is 18.2 Å². The van der Waals surface area contributed by atoms with E-state index in [1.165, 1.54) is 0 Å². The fourth-order valence-corrected chi connectivity index (χ4v) is 1.98. The molecule has 5 heteroatoms. The van der Waals surface area contributed by atoms with Crippen molar-refractivity contribution in [2.45, 2.75) is 12.5 Å². The number of methoxy groups -OCH3 is 1. The second-order valence-corrected chi connectivity index (χ2v) is 4.38. The van der Waals surface area contributed by atoms with Crippen LogP contribution in [0.2, 0.25) is 5.02 Å². The Hall–Kier alpha value is -1.65. The van der Waals surface area contributed by atoms with Gasteiger partial charge in [0, 0.05) is 17.3 Å². The highest BCUT2D eigenvalue weighted by atomic mass is 35.5. The van der Waals surface area contributed by atoms with Gasteiger partial charge in [0.2, 0.25) is 0 Å². The van der Waals surface area contributed by atoms with E-state index in [0.29, 0.717) is 11.4 Å². The molecule has 0 aliphatic carbocycles. The molecule has 0 radical (unpaired) electrons. The first-order chi connectivity index (χ1) is 8.70. The van der Waals surface area contributed by atoms with Gasteiger partial charge in [-0.25, -0.2) is 0 Å². The lowest BCUT2D eigenvalue weighted by Gasteiger charge is -2.14. The van der Waals surface area contributed by atoms with Gasteiger partial charge in [-0.1, -0.05) is 11.6 Å². The lowest BCUT2D eigenvalue weighted by Crippen LogP contribution is -2.14. The molecule has 1 heterocycles. The molecule has 0 spiro atoms. The number of halogens is 1. The van der Waals surface area contributed by atoms with Crippen molar-refractivity contribution in [2.75, 3.05) is 7.11 Å². The molecule has 1 aromatic heterocycles. The van der Waals surface area contributed by atoms with Crippen molar-refractivity contribution in [1.29, 1.82) is 0 Å². The molecular weight excluding hydrogens is 250 g/mol. The van der Waals surface area contributed by atoms with Gasteiger partial charge in [0.1, 0.15) is 5.75 Å². The monoisotopic (exact) mass is 263 g/mol. The maximum atomic E-state index is 6.13. The number of aromatic nitrogens is 2. The molecule has 0 aliphatic heterocycles. The van der Waals surface area contributed by atoms with Gasteiger partial charge in [-0.3, -0.25) is 0 Å². The van der Waals surface area contributed by atoms with Crippen LogP contribution in [0, 0.1) is 0 Å². The molecule has 1 unspecified atom stereocenters. The third-order valence-corrected chi connectivity index (χ3v) is 2.95. The Morgan fingerprint density at radius 2 is 2.17 bits per heavy atom. The summed E-state index contributed by atoms with van der Waals surface area (Å²) in [5, 5.41) is 8.22. The number of ether oxygens (including phenoxy) is 1. The highest BCUT2D eigenvalue weighted by Crippen LogP contribution is 2.26. The summed E-state index contributed by atoms with van der Waals surface area (Å²) in [6.45, 7) is 0. The minimum Gasteiger partial charge on any atom is -0.496 e. The number of hydrogen-bond donors (Lipinski definition) is 1. The van der Waals surface area contributed by atoms with Crippen LogP contribution in [-0.2, 0) is 6.42 Å². The summed E-state index contributed by atoms with van der Waals surface area (Å²) >= 11 is 5.98. The predicted octanol–water partition coefficient (Wildman–Crippen LogP) is 2.38. The van der Waals surface area contributed by atoms with Gasteiger partial charge >= 0.3 is 0 Å². The van der Waals surface area contributed by atoms with Crippen molar-refractivity contribution in [3.8, 4) is 5.75 Å². The van der Waals surface area contributed by atoms with Crippen molar-refractivity contribution in [2.24, 2.45) is 5.73 Å². The molecule has 1 atom stereocenters. The minimum atomic E-state index is -0.159. The molecule has 0 saturated carbocycles. The molecule has 2 rings (SSSR count). The van der Waals surface area contributed by atoms with Gasteiger partial charge in [-0.2, -0.15) is 10.2 Å². The summed E-state index contributed by atoms with van der Waals surface area (Å²) in [5.74, 6) is 0.789. The van der Waals surface area contributed by atoms with Gasteiger partial charge in [-0.15, -0.1) is 0 Å². The van der Waals surface area contributed by atoms with Crippen LogP contribution in [0.25, 0.3) is 0 Å². The molecule has 0 amide bonds. The Kier molecular flexibility index (Phi) is 4.12. The SMILES string of the molecule is COc1ccc(Cl)cc1CC(N)c1ccnnc1. The van der Waals surface area contributed by atoms with Crippen molar-refractivity contribution in [3.63, 3.8) is 0 Å². The first kappa shape index (κ1) is 12.8.